The van der Waals surface area contributed by atoms with E-state index in [1.165, 1.54) is 6.08 Å². The summed E-state index contributed by atoms with van der Waals surface area (Å²) in [6, 6.07) is 0. The van der Waals surface area contributed by atoms with Gasteiger partial charge in [0.2, 0.25) is 0 Å². The molecule has 0 radical (unpaired) electrons. The molecule has 1 rings (SSSR count). The summed E-state index contributed by atoms with van der Waals surface area (Å²) >= 11 is 0. The third kappa shape index (κ3) is 3.00. The van der Waals surface area contributed by atoms with Crippen LogP contribution >= 0.6 is 0 Å². The first-order valence-corrected chi connectivity index (χ1v) is 3.47. The first-order chi connectivity index (χ1) is 5.66. The fraction of sp³-hybridized carbons (Fsp3) is 0.111. The average molecular weight is 201 g/mol. The molecule has 62 valence electrons. The van der Waals surface area contributed by atoms with Gasteiger partial charge in [0.05, 0.1) is 11.8 Å². The van der Waals surface area contributed by atoms with Gasteiger partial charge in [0.15, 0.2) is 0 Å². The molecule has 1 aliphatic heterocycles. The summed E-state index contributed by atoms with van der Waals surface area (Å²) < 4.78 is 0. The molecule has 0 spiro atoms. The number of hydrogen-bond donors (Lipinski definition) is 0. The first kappa shape index (κ1) is 13.0. The van der Waals surface area contributed by atoms with Gasteiger partial charge in [-0.1, -0.05) is 24.8 Å². The SMILES string of the molecule is C=C/C=C\C1=C(C)C(=O)[N-]C1=O.[K+]. The van der Waals surface area contributed by atoms with E-state index in [-0.39, 0.29) is 51.4 Å². The molecule has 0 bridgehead atoms. The molecule has 0 saturated heterocycles. The molecular weight excluding hydrogens is 193 g/mol. The summed E-state index contributed by atoms with van der Waals surface area (Å²) in [7, 11) is 0. The van der Waals surface area contributed by atoms with Gasteiger partial charge in [-0.25, -0.2) is 0 Å². The summed E-state index contributed by atoms with van der Waals surface area (Å²) in [5, 5.41) is 3.27. The molecule has 0 saturated carbocycles. The minimum atomic E-state index is -0.462. The fourth-order valence-corrected chi connectivity index (χ4v) is 0.872. The topological polar surface area (TPSA) is 48.2 Å². The van der Waals surface area contributed by atoms with Crippen molar-refractivity contribution in [3.05, 3.63) is 41.3 Å². The standard InChI is InChI=1S/C9H9NO2.K/c1-3-4-5-7-6(2)8(11)10-9(7)12;/h3-5H,1H2,2H3,(H,10,11,12);/q;+1/p-1/b5-4-;. The summed E-state index contributed by atoms with van der Waals surface area (Å²) in [6.07, 6.45) is 4.68. The van der Waals surface area contributed by atoms with Crippen LogP contribution in [0, 0.1) is 0 Å². The number of carbonyl (C=O) groups is 2. The number of allylic oxidation sites excluding steroid dienone is 2. The Hall–Kier alpha value is -0.00364. The van der Waals surface area contributed by atoms with Crippen LogP contribution in [0.5, 0.6) is 0 Å². The monoisotopic (exact) mass is 201 g/mol. The van der Waals surface area contributed by atoms with Crippen molar-refractivity contribution >= 4 is 11.8 Å². The Morgan fingerprint density at radius 3 is 2.31 bits per heavy atom. The van der Waals surface area contributed by atoms with Gasteiger partial charge in [-0.05, 0) is 12.5 Å². The van der Waals surface area contributed by atoms with Crippen LogP contribution in [0.2, 0.25) is 0 Å². The number of hydrogen-bond acceptors (Lipinski definition) is 2. The van der Waals surface area contributed by atoms with Gasteiger partial charge in [0, 0.05) is 5.57 Å². The minimum absolute atomic E-state index is 0. The van der Waals surface area contributed by atoms with E-state index in [9.17, 15) is 9.59 Å². The molecule has 1 heterocycles. The second-order valence-corrected chi connectivity index (χ2v) is 2.36. The van der Waals surface area contributed by atoms with Gasteiger partial charge < -0.3 is 14.9 Å². The Morgan fingerprint density at radius 1 is 1.31 bits per heavy atom. The molecule has 0 unspecified atom stereocenters. The van der Waals surface area contributed by atoms with Crippen LogP contribution in [0.25, 0.3) is 5.32 Å². The zero-order chi connectivity index (χ0) is 9.14. The largest absolute Gasteiger partial charge is 1.00 e. The fourth-order valence-electron chi connectivity index (χ4n) is 0.872. The van der Waals surface area contributed by atoms with Gasteiger partial charge in [0.25, 0.3) is 0 Å². The average Bonchev–Trinajstić information content (AvgIpc) is 2.25. The molecule has 0 aromatic rings. The van der Waals surface area contributed by atoms with Gasteiger partial charge in [-0.3, -0.25) is 0 Å². The van der Waals surface area contributed by atoms with E-state index < -0.39 is 11.8 Å². The Morgan fingerprint density at radius 2 is 1.92 bits per heavy atom. The molecular formula is C9H8KNO2. The molecule has 2 amide bonds. The summed E-state index contributed by atoms with van der Waals surface area (Å²) in [5.74, 6) is -0.903. The summed E-state index contributed by atoms with van der Waals surface area (Å²) in [6.45, 7) is 5.04. The number of nitrogens with zero attached hydrogens (tertiary/aromatic N) is 1. The molecule has 0 aromatic heterocycles. The predicted octanol–water partition coefficient (Wildman–Crippen LogP) is -1.51. The molecule has 3 nitrogen and oxygen atoms in total. The van der Waals surface area contributed by atoms with Crippen LogP contribution in [0.1, 0.15) is 6.92 Å². The van der Waals surface area contributed by atoms with Crippen molar-refractivity contribution in [2.24, 2.45) is 0 Å². The van der Waals surface area contributed by atoms with Crippen LogP contribution in [-0.4, -0.2) is 11.8 Å². The molecule has 4 heteroatoms. The Kier molecular flexibility index (Phi) is 5.67. The van der Waals surface area contributed by atoms with Crippen molar-refractivity contribution in [3.63, 3.8) is 0 Å². The van der Waals surface area contributed by atoms with Gasteiger partial charge >= 0.3 is 51.4 Å². The van der Waals surface area contributed by atoms with E-state index in [0.29, 0.717) is 11.1 Å². The van der Waals surface area contributed by atoms with Gasteiger partial charge in [-0.2, -0.15) is 0 Å². The van der Waals surface area contributed by atoms with E-state index in [2.05, 4.69) is 11.9 Å². The first-order valence-electron chi connectivity index (χ1n) is 3.47. The normalized spacial score (nSPS) is 16.1. The Bertz CT molecular complexity index is 316. The van der Waals surface area contributed by atoms with Crippen molar-refractivity contribution < 1.29 is 61.0 Å². The smallest absolute Gasteiger partial charge is 0.588 e. The number of imide groups is 1. The summed E-state index contributed by atoms with van der Waals surface area (Å²) in [4.78, 5) is 21.8. The molecule has 0 N–H and O–H groups in total. The van der Waals surface area contributed by atoms with Crippen LogP contribution in [0.4, 0.5) is 0 Å². The Labute approximate surface area is 119 Å². The molecule has 13 heavy (non-hydrogen) atoms. The zero-order valence-electron chi connectivity index (χ0n) is 7.70. The second kappa shape index (κ2) is 5.67. The van der Waals surface area contributed by atoms with Crippen molar-refractivity contribution in [1.82, 2.24) is 0 Å². The van der Waals surface area contributed by atoms with E-state index in [1.807, 2.05) is 0 Å². The molecule has 0 atom stereocenters. The number of carbonyl (C=O) groups excluding carboxylic acids is 2. The quantitative estimate of drug-likeness (QED) is 0.310. The maximum Gasteiger partial charge on any atom is 1.00 e. The number of amides is 2. The predicted molar refractivity (Wildman–Crippen MR) is 45.4 cm³/mol. The van der Waals surface area contributed by atoms with Crippen LogP contribution in [0.15, 0.2) is 36.0 Å². The third-order valence-corrected chi connectivity index (χ3v) is 1.56. The molecule has 1 aliphatic rings. The van der Waals surface area contributed by atoms with Gasteiger partial charge in [-0.15, -0.1) is 0 Å². The molecule has 0 fully saturated rings. The van der Waals surface area contributed by atoms with E-state index in [4.69, 9.17) is 0 Å². The Balaban J connectivity index is 0.00000144. The number of rotatable bonds is 2. The van der Waals surface area contributed by atoms with Crippen molar-refractivity contribution in [2.75, 3.05) is 0 Å². The van der Waals surface area contributed by atoms with Crippen molar-refractivity contribution in [3.8, 4) is 0 Å². The van der Waals surface area contributed by atoms with E-state index >= 15 is 0 Å². The van der Waals surface area contributed by atoms with E-state index in [0.717, 1.165) is 0 Å². The van der Waals surface area contributed by atoms with Gasteiger partial charge in [0.1, 0.15) is 0 Å². The van der Waals surface area contributed by atoms with Crippen LogP contribution in [0.3, 0.4) is 0 Å². The van der Waals surface area contributed by atoms with Crippen molar-refractivity contribution in [1.29, 1.82) is 0 Å². The van der Waals surface area contributed by atoms with Crippen LogP contribution in [-0.2, 0) is 9.59 Å². The van der Waals surface area contributed by atoms with Crippen molar-refractivity contribution in [2.45, 2.75) is 6.92 Å². The maximum atomic E-state index is 11.0. The zero-order valence-corrected chi connectivity index (χ0v) is 10.8. The summed E-state index contributed by atoms with van der Waals surface area (Å²) in [5.41, 5.74) is 0.762. The maximum absolute atomic E-state index is 11.0. The van der Waals surface area contributed by atoms with Crippen LogP contribution < -0.4 is 51.4 Å². The third-order valence-electron chi connectivity index (χ3n) is 1.56. The molecule has 0 aromatic carbocycles. The second-order valence-electron chi connectivity index (χ2n) is 2.36. The molecule has 0 aliphatic carbocycles. The minimum Gasteiger partial charge on any atom is -0.588 e. The van der Waals surface area contributed by atoms with E-state index in [1.54, 1.807) is 19.1 Å².